The van der Waals surface area contributed by atoms with E-state index >= 15 is 0 Å². The lowest BCUT2D eigenvalue weighted by Crippen LogP contribution is -2.31. The smallest absolute Gasteiger partial charge is 0.157 e. The van der Waals surface area contributed by atoms with E-state index in [-0.39, 0.29) is 16.4 Å². The molecule has 0 aliphatic rings. The fourth-order valence-electron chi connectivity index (χ4n) is 4.17. The van der Waals surface area contributed by atoms with Gasteiger partial charge in [0.1, 0.15) is 23.1 Å². The van der Waals surface area contributed by atoms with Crippen LogP contribution in [-0.2, 0) is 22.6 Å². The first-order chi connectivity index (χ1) is 21.0. The molecule has 0 amide bonds. The van der Waals surface area contributed by atoms with E-state index in [1.54, 1.807) is 18.4 Å². The van der Waals surface area contributed by atoms with E-state index in [1.165, 1.54) is 29.2 Å². The van der Waals surface area contributed by atoms with Crippen molar-refractivity contribution in [2.75, 3.05) is 12.0 Å². The number of aryl methyl sites for hydroxylation is 1. The average Bonchev–Trinajstić information content (AvgIpc) is 3.51. The topological polar surface area (TPSA) is 113 Å². The van der Waals surface area contributed by atoms with E-state index in [1.807, 2.05) is 68.4 Å². The molecular weight excluding hydrogens is 602 g/mol. The highest BCUT2D eigenvalue weighted by atomic mass is 35.5. The number of pyridine rings is 1. The normalized spacial score (nSPS) is 13.5. The standard InChI is InChI=1S/C27H33ClF2N6OS.3C2H6/c1-5-8-17(13-21(31)25-19(29)9-7-10-20(25)30)26(32)27(3,6-2)18-14-22(28)34-24(15-18)36-16-33-23(35-36)11-12-38(4)37;3*1-2/h7,9-10,13-16H,5-6,8,11-12,31-32H2,1-4H3;3*1-2H3/b21-13-,26-17-;;;/t27-,38?;;;/m1.../s1. The zero-order valence-electron chi connectivity index (χ0n) is 28.0. The molecule has 0 bridgehead atoms. The number of hydrogen-bond acceptors (Lipinski definition) is 6. The Hall–Kier alpha value is -3.11. The minimum Gasteiger partial charge on any atom is -0.401 e. The second-order valence-corrected chi connectivity index (χ2v) is 11.2. The van der Waals surface area contributed by atoms with Gasteiger partial charge in [0.15, 0.2) is 11.6 Å². The van der Waals surface area contributed by atoms with Crippen LogP contribution in [0.5, 0.6) is 0 Å². The lowest BCUT2D eigenvalue weighted by Gasteiger charge is -2.32. The van der Waals surface area contributed by atoms with Gasteiger partial charge < -0.3 is 11.5 Å². The van der Waals surface area contributed by atoms with Crippen LogP contribution in [0.2, 0.25) is 5.15 Å². The van der Waals surface area contributed by atoms with Gasteiger partial charge >= 0.3 is 0 Å². The Morgan fingerprint density at radius 3 is 2.18 bits per heavy atom. The molecule has 0 radical (unpaired) electrons. The Kier molecular flexibility index (Phi) is 19.3. The minimum absolute atomic E-state index is 0.0398. The molecule has 0 saturated carbocycles. The molecular formula is C33H51ClF2N6OS. The Balaban J connectivity index is 0.00000290. The maximum absolute atomic E-state index is 14.4. The van der Waals surface area contributed by atoms with E-state index in [9.17, 15) is 13.0 Å². The zero-order chi connectivity index (χ0) is 34.0. The summed E-state index contributed by atoms with van der Waals surface area (Å²) in [5.41, 5.74) is 13.9. The van der Waals surface area contributed by atoms with Crippen LogP contribution in [0.15, 0.2) is 54.0 Å². The van der Waals surface area contributed by atoms with E-state index in [0.717, 1.165) is 12.0 Å². The van der Waals surface area contributed by atoms with Crippen molar-refractivity contribution in [3.05, 3.63) is 87.7 Å². The fourth-order valence-corrected chi connectivity index (χ4v) is 4.84. The zero-order valence-corrected chi connectivity index (χ0v) is 29.5. The maximum atomic E-state index is 14.4. The molecule has 0 aliphatic heterocycles. The molecule has 0 saturated heterocycles. The van der Waals surface area contributed by atoms with Gasteiger partial charge in [-0.05, 0) is 61.2 Å². The van der Waals surface area contributed by atoms with Crippen LogP contribution < -0.4 is 11.5 Å². The molecule has 44 heavy (non-hydrogen) atoms. The Morgan fingerprint density at radius 2 is 1.66 bits per heavy atom. The van der Waals surface area contributed by atoms with Crippen LogP contribution >= 0.6 is 11.6 Å². The Morgan fingerprint density at radius 1 is 1.07 bits per heavy atom. The number of allylic oxidation sites excluding steroid dienone is 3. The summed E-state index contributed by atoms with van der Waals surface area (Å²) in [5, 5.41) is 4.70. The van der Waals surface area contributed by atoms with Gasteiger partial charge in [0, 0.05) is 46.0 Å². The summed E-state index contributed by atoms with van der Waals surface area (Å²) in [4.78, 5) is 8.69. The van der Waals surface area contributed by atoms with E-state index in [2.05, 4.69) is 15.1 Å². The molecule has 2 heterocycles. The number of nitrogens with zero attached hydrogens (tertiary/aromatic N) is 4. The number of nitrogens with two attached hydrogens (primary N) is 2. The molecule has 4 N–H and O–H groups in total. The van der Waals surface area contributed by atoms with Crippen molar-refractivity contribution in [2.24, 2.45) is 11.5 Å². The third kappa shape index (κ3) is 11.1. The van der Waals surface area contributed by atoms with Gasteiger partial charge in [-0.1, -0.05) is 79.5 Å². The van der Waals surface area contributed by atoms with Crippen molar-refractivity contribution in [3.63, 3.8) is 0 Å². The summed E-state index contributed by atoms with van der Waals surface area (Å²) in [6.45, 7) is 18.0. The van der Waals surface area contributed by atoms with Gasteiger partial charge in [0.2, 0.25) is 0 Å². The van der Waals surface area contributed by atoms with Crippen molar-refractivity contribution in [2.45, 2.75) is 93.4 Å². The van der Waals surface area contributed by atoms with Gasteiger partial charge in [0.25, 0.3) is 0 Å². The van der Waals surface area contributed by atoms with Crippen molar-refractivity contribution < 1.29 is 13.0 Å². The monoisotopic (exact) mass is 652 g/mol. The lowest BCUT2D eigenvalue weighted by atomic mass is 9.75. The summed E-state index contributed by atoms with van der Waals surface area (Å²) in [7, 11) is -0.953. The predicted octanol–water partition coefficient (Wildman–Crippen LogP) is 8.27. The lowest BCUT2D eigenvalue weighted by molar-refractivity contribution is 0.522. The molecule has 3 aromatic rings. The number of benzene rings is 1. The SMILES string of the molecule is CC.CC.CC.CCCC(/C=C(\N)c1c(F)cccc1F)=C(/N)[C@](C)(CC)c1cc(Cl)nc(-n2cnc(CCS(C)=O)n2)c1. The summed E-state index contributed by atoms with van der Waals surface area (Å²) < 4.78 is 41.7. The first-order valence-electron chi connectivity index (χ1n) is 15.3. The second-order valence-electron chi connectivity index (χ2n) is 9.24. The van der Waals surface area contributed by atoms with Gasteiger partial charge in [0.05, 0.1) is 5.56 Å². The largest absolute Gasteiger partial charge is 0.401 e. The summed E-state index contributed by atoms with van der Waals surface area (Å²) in [6.07, 6.45) is 7.09. The molecule has 2 atom stereocenters. The minimum atomic E-state index is -0.953. The Labute approximate surface area is 270 Å². The van der Waals surface area contributed by atoms with E-state index in [0.29, 0.717) is 47.9 Å². The molecule has 246 valence electrons. The number of aromatic nitrogens is 4. The molecule has 1 aromatic carbocycles. The van der Waals surface area contributed by atoms with Gasteiger partial charge in [-0.2, -0.15) is 0 Å². The highest BCUT2D eigenvalue weighted by Crippen LogP contribution is 2.37. The third-order valence-electron chi connectivity index (χ3n) is 6.55. The molecule has 7 nitrogen and oxygen atoms in total. The van der Waals surface area contributed by atoms with Crippen LogP contribution in [-0.4, -0.2) is 36.0 Å². The number of hydrogen-bond donors (Lipinski definition) is 2. The molecule has 0 spiro atoms. The fraction of sp³-hybridized carbons (Fsp3) is 0.485. The molecule has 0 fully saturated rings. The van der Waals surface area contributed by atoms with E-state index < -0.39 is 27.8 Å². The molecule has 2 aromatic heterocycles. The average molecular weight is 653 g/mol. The van der Waals surface area contributed by atoms with Gasteiger partial charge in [-0.25, -0.2) is 23.4 Å². The molecule has 1 unspecified atom stereocenters. The van der Waals surface area contributed by atoms with Crippen LogP contribution in [0.1, 0.15) is 98.5 Å². The summed E-state index contributed by atoms with van der Waals surface area (Å²) >= 11 is 6.43. The van der Waals surface area contributed by atoms with Gasteiger partial charge in [-0.3, -0.25) is 4.21 Å². The second kappa shape index (κ2) is 20.8. The van der Waals surface area contributed by atoms with Crippen molar-refractivity contribution in [1.29, 1.82) is 0 Å². The Bertz CT molecular complexity index is 1370. The van der Waals surface area contributed by atoms with E-state index in [4.69, 9.17) is 23.1 Å². The van der Waals surface area contributed by atoms with Crippen molar-refractivity contribution in [3.8, 4) is 5.82 Å². The quantitative estimate of drug-likeness (QED) is 0.159. The number of rotatable bonds is 11. The predicted molar refractivity (Wildman–Crippen MR) is 183 cm³/mol. The van der Waals surface area contributed by atoms with Crippen LogP contribution in [0.3, 0.4) is 0 Å². The molecule has 3 rings (SSSR count). The van der Waals surface area contributed by atoms with Crippen molar-refractivity contribution >= 4 is 28.1 Å². The molecule has 0 aliphatic carbocycles. The first kappa shape index (κ1) is 40.9. The van der Waals surface area contributed by atoms with Crippen LogP contribution in [0.4, 0.5) is 8.78 Å². The van der Waals surface area contributed by atoms with Crippen LogP contribution in [0, 0.1) is 11.6 Å². The highest BCUT2D eigenvalue weighted by molar-refractivity contribution is 7.84. The molecule has 11 heteroatoms. The van der Waals surface area contributed by atoms with Crippen LogP contribution in [0.25, 0.3) is 11.5 Å². The van der Waals surface area contributed by atoms with Crippen molar-refractivity contribution in [1.82, 2.24) is 19.7 Å². The highest BCUT2D eigenvalue weighted by Gasteiger charge is 2.31. The number of halogens is 3. The summed E-state index contributed by atoms with van der Waals surface area (Å²) in [5.74, 6) is -0.0193. The van der Waals surface area contributed by atoms with Gasteiger partial charge in [-0.15, -0.1) is 5.10 Å². The first-order valence-corrected chi connectivity index (χ1v) is 17.4. The third-order valence-corrected chi connectivity index (χ3v) is 7.53. The summed E-state index contributed by atoms with van der Waals surface area (Å²) in [6, 6.07) is 7.21. The maximum Gasteiger partial charge on any atom is 0.157 e.